The van der Waals surface area contributed by atoms with Crippen LogP contribution < -0.4 is 0 Å². The predicted octanol–water partition coefficient (Wildman–Crippen LogP) is 0.709. The van der Waals surface area contributed by atoms with Crippen LogP contribution in [0.2, 0.25) is 0 Å². The third-order valence-corrected chi connectivity index (χ3v) is 5.10. The highest BCUT2D eigenvalue weighted by atomic mass is 16.4. The van der Waals surface area contributed by atoms with E-state index in [4.69, 9.17) is 5.11 Å². The summed E-state index contributed by atoms with van der Waals surface area (Å²) in [5, 5.41) is 9.17. The number of hydrogen-bond donors (Lipinski definition) is 1. The van der Waals surface area contributed by atoms with Crippen LogP contribution in [-0.4, -0.2) is 57.9 Å². The van der Waals surface area contributed by atoms with Gasteiger partial charge in [0.2, 0.25) is 11.8 Å². The molecule has 3 fully saturated rings. The van der Waals surface area contributed by atoms with E-state index >= 15 is 0 Å². The van der Waals surface area contributed by atoms with Crippen LogP contribution in [0.5, 0.6) is 0 Å². The van der Waals surface area contributed by atoms with E-state index < -0.39 is 11.9 Å². The molecule has 2 saturated heterocycles. The minimum atomic E-state index is -0.838. The van der Waals surface area contributed by atoms with Crippen LogP contribution in [-0.2, 0) is 14.4 Å². The molecule has 1 saturated carbocycles. The smallest absolute Gasteiger partial charge is 0.308 e. The second kappa shape index (κ2) is 5.31. The fourth-order valence-electron chi connectivity index (χ4n) is 3.62. The molecule has 3 aliphatic rings. The van der Waals surface area contributed by atoms with E-state index in [-0.39, 0.29) is 29.8 Å². The molecular weight excluding hydrogens is 272 g/mol. The third-order valence-electron chi connectivity index (χ3n) is 5.10. The van der Waals surface area contributed by atoms with E-state index in [1.165, 1.54) is 0 Å². The van der Waals surface area contributed by atoms with Crippen molar-refractivity contribution in [3.05, 3.63) is 0 Å². The molecule has 2 amide bonds. The van der Waals surface area contributed by atoms with E-state index in [0.29, 0.717) is 25.9 Å². The van der Waals surface area contributed by atoms with Gasteiger partial charge < -0.3 is 14.9 Å². The highest BCUT2D eigenvalue weighted by Crippen LogP contribution is 2.35. The Morgan fingerprint density at radius 1 is 0.952 bits per heavy atom. The summed E-state index contributed by atoms with van der Waals surface area (Å²) in [6, 6.07) is -0.651. The molecule has 0 radical (unpaired) electrons. The lowest BCUT2D eigenvalue weighted by Gasteiger charge is -2.31. The highest BCUT2D eigenvalue weighted by Gasteiger charge is 2.45. The minimum absolute atomic E-state index is 0.0576. The molecule has 116 valence electrons. The SMILES string of the molecule is CC1C(C(=O)O)CCN1C(=O)C1CCCN1C(=O)C1CC1. The Morgan fingerprint density at radius 3 is 2.24 bits per heavy atom. The second-order valence-corrected chi connectivity index (χ2v) is 6.47. The Bertz CT molecular complexity index is 474. The van der Waals surface area contributed by atoms with Crippen LogP contribution in [0, 0.1) is 11.8 Å². The van der Waals surface area contributed by atoms with E-state index in [0.717, 1.165) is 19.3 Å². The number of rotatable bonds is 3. The van der Waals surface area contributed by atoms with Crippen molar-refractivity contribution in [1.82, 2.24) is 9.80 Å². The summed E-state index contributed by atoms with van der Waals surface area (Å²) in [7, 11) is 0. The van der Waals surface area contributed by atoms with E-state index in [2.05, 4.69) is 0 Å². The van der Waals surface area contributed by atoms with Gasteiger partial charge in [-0.2, -0.15) is 0 Å². The molecule has 21 heavy (non-hydrogen) atoms. The average molecular weight is 294 g/mol. The first-order valence-corrected chi connectivity index (χ1v) is 7.84. The molecule has 1 N–H and O–H groups in total. The molecule has 0 aromatic carbocycles. The van der Waals surface area contributed by atoms with Crippen LogP contribution in [0.3, 0.4) is 0 Å². The van der Waals surface area contributed by atoms with Gasteiger partial charge in [-0.1, -0.05) is 0 Å². The van der Waals surface area contributed by atoms with Crippen LogP contribution >= 0.6 is 0 Å². The molecule has 0 aromatic heterocycles. The molecule has 3 atom stereocenters. The number of carboxylic acids is 1. The van der Waals surface area contributed by atoms with Crippen molar-refractivity contribution in [2.24, 2.45) is 11.8 Å². The van der Waals surface area contributed by atoms with Gasteiger partial charge in [0.25, 0.3) is 0 Å². The van der Waals surface area contributed by atoms with Crippen molar-refractivity contribution in [1.29, 1.82) is 0 Å². The van der Waals surface area contributed by atoms with Gasteiger partial charge in [0.05, 0.1) is 5.92 Å². The molecule has 2 aliphatic heterocycles. The van der Waals surface area contributed by atoms with E-state index in [9.17, 15) is 14.4 Å². The normalized spacial score (nSPS) is 32.5. The number of carbonyl (C=O) groups excluding carboxylic acids is 2. The Morgan fingerprint density at radius 2 is 1.67 bits per heavy atom. The molecule has 0 aromatic rings. The molecular formula is C15H22N2O4. The molecule has 0 bridgehead atoms. The van der Waals surface area contributed by atoms with Crippen LogP contribution in [0.1, 0.15) is 39.0 Å². The molecule has 3 unspecified atom stereocenters. The Labute approximate surface area is 124 Å². The summed E-state index contributed by atoms with van der Waals surface area (Å²) in [5.74, 6) is -1.13. The average Bonchev–Trinajstić information content (AvgIpc) is 3.05. The van der Waals surface area contributed by atoms with Crippen LogP contribution in [0.15, 0.2) is 0 Å². The second-order valence-electron chi connectivity index (χ2n) is 6.47. The first kappa shape index (κ1) is 14.4. The molecule has 6 heteroatoms. The summed E-state index contributed by atoms with van der Waals surface area (Å²) in [6.07, 6.45) is 3.96. The standard InChI is InChI=1S/C15H22N2O4/c1-9-11(15(20)21)6-8-16(9)14(19)12-3-2-7-17(12)13(18)10-4-5-10/h9-12H,2-8H2,1H3,(H,20,21). The monoisotopic (exact) mass is 294 g/mol. The highest BCUT2D eigenvalue weighted by molar-refractivity contribution is 5.90. The van der Waals surface area contributed by atoms with Crippen LogP contribution in [0.4, 0.5) is 0 Å². The zero-order valence-electron chi connectivity index (χ0n) is 12.3. The van der Waals surface area contributed by atoms with Gasteiger partial charge in [0.15, 0.2) is 0 Å². The van der Waals surface area contributed by atoms with Gasteiger partial charge in [-0.3, -0.25) is 14.4 Å². The Hall–Kier alpha value is -1.59. The maximum absolute atomic E-state index is 12.7. The number of nitrogens with zero attached hydrogens (tertiary/aromatic N) is 2. The number of carbonyl (C=O) groups is 3. The summed E-state index contributed by atoms with van der Waals surface area (Å²) < 4.78 is 0. The predicted molar refractivity (Wildman–Crippen MR) is 74.4 cm³/mol. The van der Waals surface area contributed by atoms with Gasteiger partial charge in [-0.15, -0.1) is 0 Å². The topological polar surface area (TPSA) is 77.9 Å². The van der Waals surface area contributed by atoms with E-state index in [1.54, 1.807) is 16.7 Å². The lowest BCUT2D eigenvalue weighted by atomic mass is 10.0. The minimum Gasteiger partial charge on any atom is -0.481 e. The van der Waals surface area contributed by atoms with Gasteiger partial charge in [-0.25, -0.2) is 0 Å². The molecule has 2 heterocycles. The zero-order valence-corrected chi connectivity index (χ0v) is 12.3. The van der Waals surface area contributed by atoms with Crippen molar-refractivity contribution in [3.8, 4) is 0 Å². The van der Waals surface area contributed by atoms with Crippen molar-refractivity contribution < 1.29 is 19.5 Å². The zero-order chi connectivity index (χ0) is 15.1. The number of hydrogen-bond acceptors (Lipinski definition) is 3. The molecule has 1 aliphatic carbocycles. The quantitative estimate of drug-likeness (QED) is 0.831. The van der Waals surface area contributed by atoms with E-state index in [1.807, 2.05) is 0 Å². The molecule has 0 spiro atoms. The fourth-order valence-corrected chi connectivity index (χ4v) is 3.62. The Kier molecular flexibility index (Phi) is 3.63. The summed E-state index contributed by atoms with van der Waals surface area (Å²) in [4.78, 5) is 39.6. The first-order valence-electron chi connectivity index (χ1n) is 7.84. The Balaban J connectivity index is 1.69. The van der Waals surface area contributed by atoms with Crippen molar-refractivity contribution >= 4 is 17.8 Å². The van der Waals surface area contributed by atoms with Crippen LogP contribution in [0.25, 0.3) is 0 Å². The number of carboxylic acid groups (broad SMARTS) is 1. The number of likely N-dealkylation sites (tertiary alicyclic amines) is 2. The van der Waals surface area contributed by atoms with Gasteiger partial charge >= 0.3 is 5.97 Å². The lowest BCUT2D eigenvalue weighted by molar-refractivity contribution is -0.147. The number of amides is 2. The molecule has 3 rings (SSSR count). The summed E-state index contributed by atoms with van der Waals surface area (Å²) >= 11 is 0. The maximum atomic E-state index is 12.7. The number of aliphatic carboxylic acids is 1. The van der Waals surface area contributed by atoms with Gasteiger partial charge in [0, 0.05) is 25.0 Å². The van der Waals surface area contributed by atoms with Crippen molar-refractivity contribution in [3.63, 3.8) is 0 Å². The fraction of sp³-hybridized carbons (Fsp3) is 0.800. The van der Waals surface area contributed by atoms with Crippen molar-refractivity contribution in [2.75, 3.05) is 13.1 Å². The van der Waals surface area contributed by atoms with Gasteiger partial charge in [-0.05, 0) is 39.0 Å². The summed E-state index contributed by atoms with van der Waals surface area (Å²) in [6.45, 7) is 2.95. The third kappa shape index (κ3) is 2.51. The largest absolute Gasteiger partial charge is 0.481 e. The van der Waals surface area contributed by atoms with Crippen molar-refractivity contribution in [2.45, 2.75) is 51.1 Å². The first-order chi connectivity index (χ1) is 10.0. The molecule has 6 nitrogen and oxygen atoms in total. The summed E-state index contributed by atoms with van der Waals surface area (Å²) in [5.41, 5.74) is 0. The van der Waals surface area contributed by atoms with Gasteiger partial charge in [0.1, 0.15) is 6.04 Å². The maximum Gasteiger partial charge on any atom is 0.308 e. The lowest BCUT2D eigenvalue weighted by Crippen LogP contribution is -2.50.